The third kappa shape index (κ3) is 3.93. The average molecular weight is 380 g/mol. The van der Waals surface area contributed by atoms with E-state index in [2.05, 4.69) is 0 Å². The van der Waals surface area contributed by atoms with E-state index in [9.17, 15) is 19.2 Å². The minimum Gasteiger partial charge on any atom is -0.451 e. The number of hydrogen-bond acceptors (Lipinski definition) is 5. The Balaban J connectivity index is 1.63. The summed E-state index contributed by atoms with van der Waals surface area (Å²) in [4.78, 5) is 51.7. The molecule has 0 aromatic heterocycles. The van der Waals surface area contributed by atoms with Crippen LogP contribution in [0.4, 0.5) is 5.69 Å². The summed E-state index contributed by atoms with van der Waals surface area (Å²) in [5.41, 5.74) is 1.69. The van der Waals surface area contributed by atoms with Crippen molar-refractivity contribution in [2.24, 2.45) is 0 Å². The van der Waals surface area contributed by atoms with Gasteiger partial charge in [-0.1, -0.05) is 36.4 Å². The SMILES string of the molecule is C[C@@H](OC(=O)CN1C(=O)Cc2ccccc2C1=O)C(=O)N(C)c1ccccc1. The van der Waals surface area contributed by atoms with Crippen molar-refractivity contribution in [2.45, 2.75) is 19.4 Å². The highest BCUT2D eigenvalue weighted by molar-refractivity contribution is 6.11. The molecule has 1 atom stereocenters. The van der Waals surface area contributed by atoms with Crippen molar-refractivity contribution in [3.8, 4) is 0 Å². The number of nitrogens with zero attached hydrogens (tertiary/aromatic N) is 2. The fourth-order valence-corrected chi connectivity index (χ4v) is 3.03. The molecule has 3 rings (SSSR count). The predicted octanol–water partition coefficient (Wildman–Crippen LogP) is 1.81. The van der Waals surface area contributed by atoms with Crippen molar-refractivity contribution >= 4 is 29.4 Å². The fourth-order valence-electron chi connectivity index (χ4n) is 3.03. The van der Waals surface area contributed by atoms with Crippen LogP contribution in [0.2, 0.25) is 0 Å². The van der Waals surface area contributed by atoms with Gasteiger partial charge in [-0.3, -0.25) is 24.1 Å². The quantitative estimate of drug-likeness (QED) is 0.583. The van der Waals surface area contributed by atoms with Gasteiger partial charge in [-0.05, 0) is 30.7 Å². The number of imide groups is 1. The van der Waals surface area contributed by atoms with E-state index in [4.69, 9.17) is 4.74 Å². The average Bonchev–Trinajstić information content (AvgIpc) is 2.70. The largest absolute Gasteiger partial charge is 0.451 e. The van der Waals surface area contributed by atoms with Crippen LogP contribution in [0.1, 0.15) is 22.8 Å². The van der Waals surface area contributed by atoms with Gasteiger partial charge in [-0.15, -0.1) is 0 Å². The van der Waals surface area contributed by atoms with E-state index >= 15 is 0 Å². The molecule has 0 N–H and O–H groups in total. The van der Waals surface area contributed by atoms with Crippen LogP contribution in [0.15, 0.2) is 54.6 Å². The molecule has 0 unspecified atom stereocenters. The van der Waals surface area contributed by atoms with Gasteiger partial charge in [0.1, 0.15) is 6.54 Å². The smallest absolute Gasteiger partial charge is 0.326 e. The van der Waals surface area contributed by atoms with E-state index in [1.807, 2.05) is 6.07 Å². The number of likely N-dealkylation sites (N-methyl/N-ethyl adjacent to an activating group) is 1. The number of amides is 3. The molecule has 0 bridgehead atoms. The summed E-state index contributed by atoms with van der Waals surface area (Å²) in [7, 11) is 1.58. The molecule has 0 aliphatic carbocycles. The number of carbonyl (C=O) groups is 4. The van der Waals surface area contributed by atoms with Gasteiger partial charge in [-0.2, -0.15) is 0 Å². The van der Waals surface area contributed by atoms with Crippen LogP contribution in [0.5, 0.6) is 0 Å². The standard InChI is InChI=1S/C21H20N2O5/c1-14(20(26)22(2)16-9-4-3-5-10-16)28-19(25)13-23-18(24)12-15-8-6-7-11-17(15)21(23)27/h3-11,14H,12-13H2,1-2H3/t14-/m1/s1. The normalized spacial score (nSPS) is 14.3. The molecule has 7 heteroatoms. The Kier molecular flexibility index (Phi) is 5.54. The second kappa shape index (κ2) is 8.04. The Morgan fingerprint density at radius 1 is 1.07 bits per heavy atom. The van der Waals surface area contributed by atoms with Gasteiger partial charge in [0.25, 0.3) is 11.8 Å². The van der Waals surface area contributed by atoms with E-state index < -0.39 is 36.3 Å². The molecule has 0 fully saturated rings. The number of esters is 1. The zero-order valence-electron chi connectivity index (χ0n) is 15.6. The van der Waals surface area contributed by atoms with E-state index in [1.54, 1.807) is 55.6 Å². The second-order valence-electron chi connectivity index (χ2n) is 6.48. The maximum absolute atomic E-state index is 12.5. The second-order valence-corrected chi connectivity index (χ2v) is 6.48. The third-order valence-corrected chi connectivity index (χ3v) is 4.55. The number of hydrogen-bond donors (Lipinski definition) is 0. The highest BCUT2D eigenvalue weighted by atomic mass is 16.5. The number of rotatable bonds is 5. The lowest BCUT2D eigenvalue weighted by Gasteiger charge is -2.27. The molecule has 3 amide bonds. The summed E-state index contributed by atoms with van der Waals surface area (Å²) in [5.74, 6) is -2.24. The van der Waals surface area contributed by atoms with Gasteiger partial charge in [0.15, 0.2) is 6.10 Å². The molecular weight excluding hydrogens is 360 g/mol. The molecule has 0 saturated heterocycles. The summed E-state index contributed by atoms with van der Waals surface area (Å²) in [6, 6.07) is 15.7. The van der Waals surface area contributed by atoms with Gasteiger partial charge in [-0.25, -0.2) is 0 Å². The van der Waals surface area contributed by atoms with Crippen molar-refractivity contribution in [1.82, 2.24) is 4.90 Å². The number of ether oxygens (including phenoxy) is 1. The van der Waals surface area contributed by atoms with Crippen LogP contribution in [0, 0.1) is 0 Å². The predicted molar refractivity (Wildman–Crippen MR) is 102 cm³/mol. The van der Waals surface area contributed by atoms with E-state index in [1.165, 1.54) is 11.8 Å². The Morgan fingerprint density at radius 3 is 2.43 bits per heavy atom. The lowest BCUT2D eigenvalue weighted by atomic mass is 9.98. The van der Waals surface area contributed by atoms with Gasteiger partial charge >= 0.3 is 5.97 Å². The van der Waals surface area contributed by atoms with Crippen molar-refractivity contribution in [2.75, 3.05) is 18.5 Å². The van der Waals surface area contributed by atoms with E-state index in [0.717, 1.165) is 4.90 Å². The molecular formula is C21H20N2O5. The van der Waals surface area contributed by atoms with E-state index in [0.29, 0.717) is 16.8 Å². The summed E-state index contributed by atoms with van der Waals surface area (Å²) in [6.07, 6.45) is -1.01. The molecule has 0 saturated carbocycles. The number of carbonyl (C=O) groups excluding carboxylic acids is 4. The highest BCUT2D eigenvalue weighted by Gasteiger charge is 2.33. The first-order chi connectivity index (χ1) is 13.4. The van der Waals surface area contributed by atoms with Gasteiger partial charge < -0.3 is 9.64 Å². The number of anilines is 1. The van der Waals surface area contributed by atoms with Gasteiger partial charge in [0.2, 0.25) is 5.91 Å². The topological polar surface area (TPSA) is 84.0 Å². The first-order valence-electron chi connectivity index (χ1n) is 8.83. The molecule has 28 heavy (non-hydrogen) atoms. The molecule has 0 radical (unpaired) electrons. The lowest BCUT2D eigenvalue weighted by molar-refractivity contribution is -0.156. The summed E-state index contributed by atoms with van der Waals surface area (Å²) >= 11 is 0. The maximum atomic E-state index is 12.5. The first kappa shape index (κ1) is 19.3. The van der Waals surface area contributed by atoms with Crippen molar-refractivity contribution < 1.29 is 23.9 Å². The number of para-hydroxylation sites is 1. The van der Waals surface area contributed by atoms with Crippen LogP contribution >= 0.6 is 0 Å². The Hall–Kier alpha value is -3.48. The highest BCUT2D eigenvalue weighted by Crippen LogP contribution is 2.20. The molecule has 7 nitrogen and oxygen atoms in total. The zero-order valence-corrected chi connectivity index (χ0v) is 15.6. The van der Waals surface area contributed by atoms with Crippen LogP contribution in [-0.2, 0) is 25.5 Å². The third-order valence-electron chi connectivity index (χ3n) is 4.55. The molecule has 0 spiro atoms. The van der Waals surface area contributed by atoms with Crippen molar-refractivity contribution in [3.05, 3.63) is 65.7 Å². The molecule has 144 valence electrons. The summed E-state index contributed by atoms with van der Waals surface area (Å²) in [5, 5.41) is 0. The van der Waals surface area contributed by atoms with Crippen LogP contribution in [0.25, 0.3) is 0 Å². The molecule has 1 aliphatic rings. The van der Waals surface area contributed by atoms with E-state index in [-0.39, 0.29) is 6.42 Å². The molecule has 2 aromatic rings. The summed E-state index contributed by atoms with van der Waals surface area (Å²) < 4.78 is 5.17. The Labute approximate surface area is 162 Å². The molecule has 2 aromatic carbocycles. The van der Waals surface area contributed by atoms with Crippen LogP contribution < -0.4 is 4.90 Å². The fraction of sp³-hybridized carbons (Fsp3) is 0.238. The molecule has 1 aliphatic heterocycles. The van der Waals surface area contributed by atoms with Gasteiger partial charge in [0, 0.05) is 18.3 Å². The zero-order chi connectivity index (χ0) is 20.3. The monoisotopic (exact) mass is 380 g/mol. The minimum atomic E-state index is -1.06. The Morgan fingerprint density at radius 2 is 1.71 bits per heavy atom. The van der Waals surface area contributed by atoms with Gasteiger partial charge in [0.05, 0.1) is 6.42 Å². The maximum Gasteiger partial charge on any atom is 0.326 e. The lowest BCUT2D eigenvalue weighted by Crippen LogP contribution is -2.46. The van der Waals surface area contributed by atoms with Crippen molar-refractivity contribution in [1.29, 1.82) is 0 Å². The van der Waals surface area contributed by atoms with Crippen LogP contribution in [0.3, 0.4) is 0 Å². The van der Waals surface area contributed by atoms with Crippen LogP contribution in [-0.4, -0.2) is 48.3 Å². The molecule has 1 heterocycles. The Bertz CT molecular complexity index is 925. The summed E-state index contributed by atoms with van der Waals surface area (Å²) in [6.45, 7) is 0.924. The van der Waals surface area contributed by atoms with Crippen molar-refractivity contribution in [3.63, 3.8) is 0 Å². The minimum absolute atomic E-state index is 0.0421. The first-order valence-corrected chi connectivity index (χ1v) is 8.83. The number of benzene rings is 2. The number of fused-ring (bicyclic) bond motifs is 1.